The summed E-state index contributed by atoms with van der Waals surface area (Å²) in [6.45, 7) is 8.52. The summed E-state index contributed by atoms with van der Waals surface area (Å²) in [7, 11) is 0. The van der Waals surface area contributed by atoms with E-state index in [1.165, 1.54) is 22.6 Å². The van der Waals surface area contributed by atoms with Crippen LogP contribution in [0.5, 0.6) is 0 Å². The molecule has 0 bridgehead atoms. The van der Waals surface area contributed by atoms with Gasteiger partial charge < -0.3 is 5.32 Å². The van der Waals surface area contributed by atoms with Gasteiger partial charge in [0, 0.05) is 30.0 Å². The van der Waals surface area contributed by atoms with E-state index in [4.69, 9.17) is 0 Å². The maximum Gasteiger partial charge on any atom is 0.0934 e. The molecule has 20 heavy (non-hydrogen) atoms. The standard InChI is InChI=1S/C17H24N2S/c1-4-9-18-11-16(10-17-19-14(3)12-20-17)15-7-5-13(2)6-8-15/h5-8,12,16,18H,4,9-11H2,1-3H3. The smallest absolute Gasteiger partial charge is 0.0934 e. The molecule has 2 nitrogen and oxygen atoms in total. The number of aromatic nitrogens is 1. The Balaban J connectivity index is 2.09. The summed E-state index contributed by atoms with van der Waals surface area (Å²) in [6.07, 6.45) is 2.20. The first-order valence-electron chi connectivity index (χ1n) is 7.37. The van der Waals surface area contributed by atoms with Crippen LogP contribution in [-0.2, 0) is 6.42 Å². The third kappa shape index (κ3) is 4.43. The van der Waals surface area contributed by atoms with Gasteiger partial charge in [0.25, 0.3) is 0 Å². The van der Waals surface area contributed by atoms with Gasteiger partial charge in [-0.1, -0.05) is 36.8 Å². The fraction of sp³-hybridized carbons (Fsp3) is 0.471. The van der Waals surface area contributed by atoms with E-state index < -0.39 is 0 Å². The van der Waals surface area contributed by atoms with Crippen LogP contribution in [0, 0.1) is 13.8 Å². The summed E-state index contributed by atoms with van der Waals surface area (Å²) in [6, 6.07) is 8.92. The van der Waals surface area contributed by atoms with Crippen molar-refractivity contribution in [3.8, 4) is 0 Å². The Morgan fingerprint density at radius 1 is 1.20 bits per heavy atom. The van der Waals surface area contributed by atoms with Gasteiger partial charge in [-0.15, -0.1) is 11.3 Å². The van der Waals surface area contributed by atoms with Gasteiger partial charge in [0.1, 0.15) is 0 Å². The van der Waals surface area contributed by atoms with Crippen LogP contribution < -0.4 is 5.32 Å². The molecule has 0 fully saturated rings. The van der Waals surface area contributed by atoms with Gasteiger partial charge in [-0.05, 0) is 32.4 Å². The van der Waals surface area contributed by atoms with Crippen molar-refractivity contribution in [2.75, 3.05) is 13.1 Å². The van der Waals surface area contributed by atoms with E-state index in [9.17, 15) is 0 Å². The highest BCUT2D eigenvalue weighted by Crippen LogP contribution is 2.23. The largest absolute Gasteiger partial charge is 0.316 e. The molecular weight excluding hydrogens is 264 g/mol. The summed E-state index contributed by atoms with van der Waals surface area (Å²) < 4.78 is 0. The second-order valence-electron chi connectivity index (χ2n) is 5.40. The topological polar surface area (TPSA) is 24.9 Å². The van der Waals surface area contributed by atoms with Crippen LogP contribution in [-0.4, -0.2) is 18.1 Å². The van der Waals surface area contributed by atoms with Gasteiger partial charge in [0.15, 0.2) is 0 Å². The predicted octanol–water partition coefficient (Wildman–Crippen LogP) is 4.09. The third-order valence-corrected chi connectivity index (χ3v) is 4.44. The summed E-state index contributed by atoms with van der Waals surface area (Å²) >= 11 is 1.78. The van der Waals surface area contributed by atoms with Gasteiger partial charge in [-0.2, -0.15) is 0 Å². The fourth-order valence-electron chi connectivity index (χ4n) is 2.31. The van der Waals surface area contributed by atoms with E-state index in [0.29, 0.717) is 5.92 Å². The lowest BCUT2D eigenvalue weighted by Gasteiger charge is -2.17. The molecule has 1 atom stereocenters. The van der Waals surface area contributed by atoms with Crippen molar-refractivity contribution in [3.05, 3.63) is 51.5 Å². The maximum absolute atomic E-state index is 4.61. The summed E-state index contributed by atoms with van der Waals surface area (Å²) in [4.78, 5) is 4.61. The van der Waals surface area contributed by atoms with Crippen LogP contribution >= 0.6 is 11.3 Å². The molecule has 1 heterocycles. The van der Waals surface area contributed by atoms with Crippen LogP contribution in [0.2, 0.25) is 0 Å². The quantitative estimate of drug-likeness (QED) is 0.776. The number of benzene rings is 1. The lowest BCUT2D eigenvalue weighted by Crippen LogP contribution is -2.23. The zero-order chi connectivity index (χ0) is 14.4. The molecule has 1 N–H and O–H groups in total. The van der Waals surface area contributed by atoms with Gasteiger partial charge in [0.2, 0.25) is 0 Å². The zero-order valence-electron chi connectivity index (χ0n) is 12.6. The Morgan fingerprint density at radius 3 is 2.55 bits per heavy atom. The molecule has 0 spiro atoms. The molecule has 1 aromatic carbocycles. The van der Waals surface area contributed by atoms with Crippen LogP contribution in [0.1, 0.15) is 41.1 Å². The second kappa shape index (κ2) is 7.55. The molecule has 0 aliphatic carbocycles. The Labute approximate surface area is 126 Å². The minimum absolute atomic E-state index is 0.507. The number of rotatable bonds is 7. The van der Waals surface area contributed by atoms with E-state index in [2.05, 4.69) is 60.7 Å². The number of thiazole rings is 1. The Kier molecular flexibility index (Phi) is 5.74. The maximum atomic E-state index is 4.61. The molecule has 0 amide bonds. The van der Waals surface area contributed by atoms with Gasteiger partial charge >= 0.3 is 0 Å². The monoisotopic (exact) mass is 288 g/mol. The summed E-state index contributed by atoms with van der Waals surface area (Å²) in [5.41, 5.74) is 3.86. The average molecular weight is 288 g/mol. The molecule has 0 saturated carbocycles. The SMILES string of the molecule is CCCNCC(Cc1nc(C)cs1)c1ccc(C)cc1. The predicted molar refractivity (Wildman–Crippen MR) is 87.6 cm³/mol. The van der Waals surface area contributed by atoms with Crippen LogP contribution in [0.15, 0.2) is 29.6 Å². The minimum atomic E-state index is 0.507. The highest BCUT2D eigenvalue weighted by molar-refractivity contribution is 7.09. The van der Waals surface area contributed by atoms with Gasteiger partial charge in [0.05, 0.1) is 5.01 Å². The molecule has 0 aliphatic heterocycles. The van der Waals surface area contributed by atoms with Crippen molar-refractivity contribution in [1.29, 1.82) is 0 Å². The summed E-state index contributed by atoms with van der Waals surface area (Å²) in [5, 5.41) is 6.93. The molecule has 0 saturated heterocycles. The lowest BCUT2D eigenvalue weighted by atomic mass is 9.95. The van der Waals surface area contributed by atoms with Crippen molar-refractivity contribution < 1.29 is 0 Å². The Bertz CT molecular complexity index is 516. The van der Waals surface area contributed by atoms with E-state index in [1.807, 2.05) is 0 Å². The van der Waals surface area contributed by atoms with Gasteiger partial charge in [-0.25, -0.2) is 4.98 Å². The fourth-order valence-corrected chi connectivity index (χ4v) is 3.16. The number of hydrogen-bond donors (Lipinski definition) is 1. The van der Waals surface area contributed by atoms with E-state index in [0.717, 1.165) is 25.2 Å². The highest BCUT2D eigenvalue weighted by Gasteiger charge is 2.14. The zero-order valence-corrected chi connectivity index (χ0v) is 13.5. The Hall–Kier alpha value is -1.19. The highest BCUT2D eigenvalue weighted by atomic mass is 32.1. The lowest BCUT2D eigenvalue weighted by molar-refractivity contribution is 0.575. The van der Waals surface area contributed by atoms with E-state index in [-0.39, 0.29) is 0 Å². The first kappa shape index (κ1) is 15.2. The number of nitrogens with zero attached hydrogens (tertiary/aromatic N) is 1. The van der Waals surface area contributed by atoms with Crippen LogP contribution in [0.25, 0.3) is 0 Å². The van der Waals surface area contributed by atoms with Crippen molar-refractivity contribution in [3.63, 3.8) is 0 Å². The molecule has 108 valence electrons. The molecule has 3 heteroatoms. The molecule has 2 rings (SSSR count). The average Bonchev–Trinajstić information content (AvgIpc) is 2.84. The number of hydrogen-bond acceptors (Lipinski definition) is 3. The molecule has 1 unspecified atom stereocenters. The minimum Gasteiger partial charge on any atom is -0.316 e. The first-order valence-corrected chi connectivity index (χ1v) is 8.25. The van der Waals surface area contributed by atoms with Crippen molar-refractivity contribution >= 4 is 11.3 Å². The summed E-state index contributed by atoms with van der Waals surface area (Å²) in [5.74, 6) is 0.507. The number of aryl methyl sites for hydroxylation is 2. The van der Waals surface area contributed by atoms with E-state index in [1.54, 1.807) is 11.3 Å². The molecule has 2 aromatic rings. The Morgan fingerprint density at radius 2 is 1.95 bits per heavy atom. The molecule has 0 aliphatic rings. The van der Waals surface area contributed by atoms with Crippen molar-refractivity contribution in [1.82, 2.24) is 10.3 Å². The van der Waals surface area contributed by atoms with Gasteiger partial charge in [-0.3, -0.25) is 0 Å². The second-order valence-corrected chi connectivity index (χ2v) is 6.34. The van der Waals surface area contributed by atoms with Crippen molar-refractivity contribution in [2.45, 2.75) is 39.5 Å². The molecule has 1 aromatic heterocycles. The van der Waals surface area contributed by atoms with Crippen LogP contribution in [0.3, 0.4) is 0 Å². The third-order valence-electron chi connectivity index (χ3n) is 3.45. The first-order chi connectivity index (χ1) is 9.69. The normalized spacial score (nSPS) is 12.6. The van der Waals surface area contributed by atoms with Crippen LogP contribution in [0.4, 0.5) is 0 Å². The molecule has 0 radical (unpaired) electrons. The van der Waals surface area contributed by atoms with Crippen molar-refractivity contribution in [2.24, 2.45) is 0 Å². The molecular formula is C17H24N2S. The van der Waals surface area contributed by atoms with E-state index >= 15 is 0 Å². The number of nitrogens with one attached hydrogen (secondary N) is 1.